The highest BCUT2D eigenvalue weighted by Crippen LogP contribution is 2.34. The van der Waals surface area contributed by atoms with Gasteiger partial charge in [-0.2, -0.15) is 13.2 Å². The van der Waals surface area contributed by atoms with E-state index in [1.54, 1.807) is 18.2 Å². The van der Waals surface area contributed by atoms with Gasteiger partial charge in [0.15, 0.2) is 0 Å². The summed E-state index contributed by atoms with van der Waals surface area (Å²) in [6, 6.07) is 4.53. The number of alkyl halides is 3. The van der Waals surface area contributed by atoms with E-state index in [1.807, 2.05) is 13.8 Å². The minimum Gasteiger partial charge on any atom is -0.316 e. The molecule has 0 amide bonds. The highest BCUT2D eigenvalue weighted by molar-refractivity contribution is 5.33. The second kappa shape index (κ2) is 4.23. The van der Waals surface area contributed by atoms with Crippen molar-refractivity contribution in [3.63, 3.8) is 0 Å². The van der Waals surface area contributed by atoms with Gasteiger partial charge in [-0.25, -0.2) is 0 Å². The summed E-state index contributed by atoms with van der Waals surface area (Å²) in [5, 5.41) is 0. The topological polar surface area (TPSA) is 26.0 Å². The van der Waals surface area contributed by atoms with Gasteiger partial charge in [0.2, 0.25) is 0 Å². The molecule has 0 heterocycles. The van der Waals surface area contributed by atoms with Gasteiger partial charge in [0.25, 0.3) is 0 Å². The van der Waals surface area contributed by atoms with Crippen LogP contribution in [0.2, 0.25) is 0 Å². The van der Waals surface area contributed by atoms with Crippen LogP contribution in [0.1, 0.15) is 36.9 Å². The monoisotopic (exact) mass is 217 g/mol. The third kappa shape index (κ3) is 2.72. The van der Waals surface area contributed by atoms with Crippen molar-refractivity contribution in [3.05, 3.63) is 35.4 Å². The lowest BCUT2D eigenvalue weighted by molar-refractivity contribution is -0.149. The summed E-state index contributed by atoms with van der Waals surface area (Å²) in [6.07, 6.45) is -4.38. The van der Waals surface area contributed by atoms with E-state index in [1.165, 1.54) is 6.07 Å². The first-order chi connectivity index (χ1) is 6.84. The first-order valence-corrected chi connectivity index (χ1v) is 4.75. The fourth-order valence-electron chi connectivity index (χ4n) is 1.50. The molecule has 1 rings (SSSR count). The molecule has 0 aliphatic carbocycles. The van der Waals surface area contributed by atoms with Crippen LogP contribution in [0.4, 0.5) is 13.2 Å². The van der Waals surface area contributed by atoms with Crippen molar-refractivity contribution < 1.29 is 13.2 Å². The van der Waals surface area contributed by atoms with Gasteiger partial charge in [-0.05, 0) is 17.0 Å². The minimum absolute atomic E-state index is 0.0367. The molecule has 4 heteroatoms. The van der Waals surface area contributed by atoms with Crippen molar-refractivity contribution in [3.8, 4) is 0 Å². The number of hydrogen-bond donors (Lipinski definition) is 1. The number of halogens is 3. The van der Waals surface area contributed by atoms with Gasteiger partial charge >= 0.3 is 6.18 Å². The van der Waals surface area contributed by atoms with Gasteiger partial charge in [0, 0.05) is 0 Å². The van der Waals surface area contributed by atoms with Crippen molar-refractivity contribution in [2.45, 2.75) is 32.0 Å². The summed E-state index contributed by atoms with van der Waals surface area (Å²) in [6.45, 7) is 3.70. The molecule has 1 atom stereocenters. The Morgan fingerprint density at radius 2 is 1.53 bits per heavy atom. The van der Waals surface area contributed by atoms with E-state index in [9.17, 15) is 13.2 Å². The fraction of sp³-hybridized carbons (Fsp3) is 0.455. The Bertz CT molecular complexity index is 331. The zero-order chi connectivity index (χ0) is 11.6. The van der Waals surface area contributed by atoms with E-state index < -0.39 is 12.2 Å². The first kappa shape index (κ1) is 12.0. The highest BCUT2D eigenvalue weighted by Gasteiger charge is 2.38. The van der Waals surface area contributed by atoms with Gasteiger partial charge in [-0.1, -0.05) is 38.1 Å². The van der Waals surface area contributed by atoms with Crippen LogP contribution in [0, 0.1) is 0 Å². The van der Waals surface area contributed by atoms with Crippen molar-refractivity contribution in [2.75, 3.05) is 0 Å². The number of hydrogen-bond acceptors (Lipinski definition) is 1. The van der Waals surface area contributed by atoms with E-state index >= 15 is 0 Å². The second-order valence-corrected chi connectivity index (χ2v) is 3.80. The molecule has 0 fully saturated rings. The second-order valence-electron chi connectivity index (χ2n) is 3.80. The summed E-state index contributed by atoms with van der Waals surface area (Å²) >= 11 is 0. The van der Waals surface area contributed by atoms with Gasteiger partial charge in [-0.15, -0.1) is 0 Å². The maximum Gasteiger partial charge on any atom is 0.407 e. The summed E-state index contributed by atoms with van der Waals surface area (Å²) in [4.78, 5) is 0. The quantitative estimate of drug-likeness (QED) is 0.807. The van der Waals surface area contributed by atoms with Crippen molar-refractivity contribution in [1.82, 2.24) is 0 Å². The lowest BCUT2D eigenvalue weighted by Crippen LogP contribution is -2.29. The minimum atomic E-state index is -4.38. The van der Waals surface area contributed by atoms with E-state index in [0.29, 0.717) is 5.56 Å². The SMILES string of the molecule is CC(C)c1ccccc1[C@@H](N)C(F)(F)F. The average molecular weight is 217 g/mol. The van der Waals surface area contributed by atoms with E-state index in [-0.39, 0.29) is 11.5 Å². The molecule has 0 unspecified atom stereocenters. The zero-order valence-electron chi connectivity index (χ0n) is 8.68. The molecule has 1 aromatic rings. The largest absolute Gasteiger partial charge is 0.407 e. The summed E-state index contributed by atoms with van der Waals surface area (Å²) in [5.74, 6) is 0.0367. The van der Waals surface area contributed by atoms with E-state index in [2.05, 4.69) is 0 Å². The smallest absolute Gasteiger partial charge is 0.316 e. The van der Waals surface area contributed by atoms with Gasteiger partial charge in [-0.3, -0.25) is 0 Å². The van der Waals surface area contributed by atoms with Crippen LogP contribution in [-0.2, 0) is 0 Å². The van der Waals surface area contributed by atoms with Crippen LogP contribution in [0.15, 0.2) is 24.3 Å². The Balaban J connectivity index is 3.14. The van der Waals surface area contributed by atoms with E-state index in [4.69, 9.17) is 5.73 Å². The molecule has 0 aliphatic heterocycles. The molecular weight excluding hydrogens is 203 g/mol. The molecule has 0 bridgehead atoms. The van der Waals surface area contributed by atoms with Crippen LogP contribution in [0.25, 0.3) is 0 Å². The van der Waals surface area contributed by atoms with Crippen molar-refractivity contribution in [2.24, 2.45) is 5.73 Å². The van der Waals surface area contributed by atoms with Crippen LogP contribution < -0.4 is 5.73 Å². The Morgan fingerprint density at radius 3 is 1.93 bits per heavy atom. The Kier molecular flexibility index (Phi) is 3.39. The van der Waals surface area contributed by atoms with Crippen LogP contribution in [0.5, 0.6) is 0 Å². The van der Waals surface area contributed by atoms with Crippen molar-refractivity contribution >= 4 is 0 Å². The molecule has 1 nitrogen and oxygen atoms in total. The predicted octanol–water partition coefficient (Wildman–Crippen LogP) is 3.37. The Hall–Kier alpha value is -1.03. The van der Waals surface area contributed by atoms with Crippen molar-refractivity contribution in [1.29, 1.82) is 0 Å². The highest BCUT2D eigenvalue weighted by atomic mass is 19.4. The molecule has 0 saturated heterocycles. The molecule has 0 radical (unpaired) electrons. The molecule has 2 N–H and O–H groups in total. The van der Waals surface area contributed by atoms with Crippen LogP contribution in [-0.4, -0.2) is 6.18 Å². The third-order valence-electron chi connectivity index (χ3n) is 2.31. The molecule has 0 spiro atoms. The first-order valence-electron chi connectivity index (χ1n) is 4.75. The normalized spacial score (nSPS) is 14.3. The fourth-order valence-corrected chi connectivity index (χ4v) is 1.50. The Morgan fingerprint density at radius 1 is 1.07 bits per heavy atom. The lowest BCUT2D eigenvalue weighted by Gasteiger charge is -2.20. The maximum absolute atomic E-state index is 12.5. The molecule has 0 aliphatic rings. The lowest BCUT2D eigenvalue weighted by atomic mass is 9.93. The zero-order valence-corrected chi connectivity index (χ0v) is 8.68. The van der Waals surface area contributed by atoms with Gasteiger partial charge in [0.1, 0.15) is 6.04 Å². The molecule has 1 aromatic carbocycles. The molecule has 15 heavy (non-hydrogen) atoms. The third-order valence-corrected chi connectivity index (χ3v) is 2.31. The molecule has 84 valence electrons. The summed E-state index contributed by atoms with van der Waals surface area (Å²) in [7, 11) is 0. The summed E-state index contributed by atoms with van der Waals surface area (Å²) in [5.41, 5.74) is 6.01. The molecule has 0 aromatic heterocycles. The number of benzene rings is 1. The predicted molar refractivity (Wildman–Crippen MR) is 53.5 cm³/mol. The van der Waals surface area contributed by atoms with Gasteiger partial charge < -0.3 is 5.73 Å². The van der Waals surface area contributed by atoms with Crippen LogP contribution in [0.3, 0.4) is 0 Å². The van der Waals surface area contributed by atoms with E-state index in [0.717, 1.165) is 0 Å². The number of rotatable bonds is 2. The molecular formula is C11H14F3N. The van der Waals surface area contributed by atoms with Crippen LogP contribution >= 0.6 is 0 Å². The molecule has 0 saturated carbocycles. The summed E-state index contributed by atoms with van der Waals surface area (Å²) < 4.78 is 37.4. The average Bonchev–Trinajstić information content (AvgIpc) is 2.15. The number of nitrogens with two attached hydrogens (primary N) is 1. The maximum atomic E-state index is 12.5. The standard InChI is InChI=1S/C11H14F3N/c1-7(2)8-5-3-4-6-9(8)10(15)11(12,13)14/h3-7,10H,15H2,1-2H3/t10-/m1/s1. The Labute approximate surface area is 87.1 Å². The van der Waals surface area contributed by atoms with Gasteiger partial charge in [0.05, 0.1) is 0 Å².